The van der Waals surface area contributed by atoms with E-state index >= 15 is 0 Å². The van der Waals surface area contributed by atoms with Crippen LogP contribution in [-0.4, -0.2) is 26.6 Å². The van der Waals surface area contributed by atoms with Crippen molar-refractivity contribution in [3.8, 4) is 5.88 Å². The van der Waals surface area contributed by atoms with Crippen LogP contribution in [0, 0.1) is 0 Å². The van der Waals surface area contributed by atoms with E-state index in [1.807, 2.05) is 6.92 Å². The van der Waals surface area contributed by atoms with Crippen molar-refractivity contribution in [3.63, 3.8) is 0 Å². The number of unbranched alkanes of at least 4 members (excludes halogenated alkanes) is 2. The van der Waals surface area contributed by atoms with Gasteiger partial charge in [-0.25, -0.2) is 18.1 Å². The second kappa shape index (κ2) is 7.45. The van der Waals surface area contributed by atoms with E-state index in [0.29, 0.717) is 5.88 Å². The number of ether oxygens (including phenoxy) is 1. The first-order valence-corrected chi connectivity index (χ1v) is 8.00. The Morgan fingerprint density at radius 2 is 2.11 bits per heavy atom. The Hall–Kier alpha value is -1.14. The number of aromatic nitrogens is 1. The maximum atomic E-state index is 12.1. The number of nitrogens with zero attached hydrogens (tertiary/aromatic N) is 1. The summed E-state index contributed by atoms with van der Waals surface area (Å²) in [6.07, 6.45) is 5.43. The minimum Gasteiger partial charge on any atom is -0.481 e. The molecule has 1 N–H and O–H groups in total. The highest BCUT2D eigenvalue weighted by Crippen LogP contribution is 2.13. The average Bonchev–Trinajstić information content (AvgIpc) is 2.38. The SMILES string of the molecule is CCCCCC(C)NS(=O)(=O)c1ccc(OC)nc1. The van der Waals surface area contributed by atoms with Crippen molar-refractivity contribution >= 4 is 10.0 Å². The van der Waals surface area contributed by atoms with E-state index in [1.165, 1.54) is 25.4 Å². The minimum absolute atomic E-state index is 0.0707. The molecule has 5 nitrogen and oxygen atoms in total. The van der Waals surface area contributed by atoms with E-state index in [0.717, 1.165) is 25.7 Å². The van der Waals surface area contributed by atoms with Gasteiger partial charge in [-0.1, -0.05) is 26.2 Å². The van der Waals surface area contributed by atoms with Gasteiger partial charge in [0.1, 0.15) is 4.90 Å². The van der Waals surface area contributed by atoms with Crippen LogP contribution in [0.3, 0.4) is 0 Å². The van der Waals surface area contributed by atoms with Gasteiger partial charge >= 0.3 is 0 Å². The van der Waals surface area contributed by atoms with Gasteiger partial charge in [-0.05, 0) is 19.4 Å². The number of rotatable bonds is 8. The van der Waals surface area contributed by atoms with Crippen LogP contribution < -0.4 is 9.46 Å². The molecule has 1 unspecified atom stereocenters. The van der Waals surface area contributed by atoms with Gasteiger partial charge in [-0.15, -0.1) is 0 Å². The topological polar surface area (TPSA) is 68.3 Å². The monoisotopic (exact) mass is 286 g/mol. The predicted molar refractivity (Wildman–Crippen MR) is 74.7 cm³/mol. The molecule has 0 saturated heterocycles. The van der Waals surface area contributed by atoms with Gasteiger partial charge in [-0.2, -0.15) is 0 Å². The van der Waals surface area contributed by atoms with Crippen molar-refractivity contribution in [2.45, 2.75) is 50.5 Å². The van der Waals surface area contributed by atoms with Crippen LogP contribution in [0.4, 0.5) is 0 Å². The second-order valence-corrected chi connectivity index (χ2v) is 6.27. The van der Waals surface area contributed by atoms with Crippen molar-refractivity contribution in [1.29, 1.82) is 0 Å². The molecule has 108 valence electrons. The van der Waals surface area contributed by atoms with Crippen LogP contribution in [0.25, 0.3) is 0 Å². The molecule has 1 aromatic rings. The third-order valence-electron chi connectivity index (χ3n) is 2.83. The molecule has 19 heavy (non-hydrogen) atoms. The molecule has 0 saturated carbocycles. The Morgan fingerprint density at radius 1 is 1.37 bits per heavy atom. The van der Waals surface area contributed by atoms with Crippen LogP contribution in [0.5, 0.6) is 5.88 Å². The fourth-order valence-corrected chi connectivity index (χ4v) is 2.96. The Bertz CT molecular complexity index is 471. The number of hydrogen-bond donors (Lipinski definition) is 1. The van der Waals surface area contributed by atoms with Crippen LogP contribution in [0.2, 0.25) is 0 Å². The van der Waals surface area contributed by atoms with E-state index in [4.69, 9.17) is 4.74 Å². The molecular weight excluding hydrogens is 264 g/mol. The zero-order valence-electron chi connectivity index (χ0n) is 11.7. The van der Waals surface area contributed by atoms with Gasteiger partial charge in [0.25, 0.3) is 0 Å². The fourth-order valence-electron chi connectivity index (χ4n) is 1.74. The Kier molecular flexibility index (Phi) is 6.24. The van der Waals surface area contributed by atoms with Gasteiger partial charge in [0.15, 0.2) is 0 Å². The number of sulfonamides is 1. The summed E-state index contributed by atoms with van der Waals surface area (Å²) in [5.74, 6) is 0.398. The molecule has 0 aliphatic carbocycles. The van der Waals surface area contributed by atoms with Crippen molar-refractivity contribution in [2.24, 2.45) is 0 Å². The highest BCUT2D eigenvalue weighted by molar-refractivity contribution is 7.89. The summed E-state index contributed by atoms with van der Waals surface area (Å²) in [6.45, 7) is 4.00. The molecule has 0 aromatic carbocycles. The molecule has 0 spiro atoms. The number of pyridine rings is 1. The summed E-state index contributed by atoms with van der Waals surface area (Å²) in [5, 5.41) is 0. The van der Waals surface area contributed by atoms with Gasteiger partial charge in [0.05, 0.1) is 13.3 Å². The molecule has 0 fully saturated rings. The van der Waals surface area contributed by atoms with E-state index in [2.05, 4.69) is 16.6 Å². The Morgan fingerprint density at radius 3 is 2.63 bits per heavy atom. The first-order chi connectivity index (χ1) is 8.99. The molecule has 0 radical (unpaired) electrons. The van der Waals surface area contributed by atoms with E-state index < -0.39 is 10.0 Å². The second-order valence-electron chi connectivity index (χ2n) is 4.55. The molecule has 1 aromatic heterocycles. The minimum atomic E-state index is -3.49. The molecular formula is C13H22N2O3S. The molecule has 0 amide bonds. The summed E-state index contributed by atoms with van der Waals surface area (Å²) in [6, 6.07) is 2.96. The average molecular weight is 286 g/mol. The van der Waals surface area contributed by atoms with Crippen molar-refractivity contribution in [1.82, 2.24) is 9.71 Å². The number of methoxy groups -OCH3 is 1. The highest BCUT2D eigenvalue weighted by Gasteiger charge is 2.17. The normalized spacial score (nSPS) is 13.2. The molecule has 0 aliphatic heterocycles. The maximum absolute atomic E-state index is 12.1. The van der Waals surface area contributed by atoms with E-state index in [1.54, 1.807) is 0 Å². The zero-order chi connectivity index (χ0) is 14.3. The molecule has 0 aliphatic rings. The van der Waals surface area contributed by atoms with Gasteiger partial charge in [0, 0.05) is 12.1 Å². The Balaban J connectivity index is 2.63. The summed E-state index contributed by atoms with van der Waals surface area (Å²) < 4.78 is 31.7. The maximum Gasteiger partial charge on any atom is 0.242 e. The summed E-state index contributed by atoms with van der Waals surface area (Å²) in [5.41, 5.74) is 0. The predicted octanol–water partition coefficient (Wildman–Crippen LogP) is 2.34. The Labute approximate surface area is 115 Å². The summed E-state index contributed by atoms with van der Waals surface area (Å²) >= 11 is 0. The third-order valence-corrected chi connectivity index (χ3v) is 4.40. The van der Waals surface area contributed by atoms with E-state index in [-0.39, 0.29) is 10.9 Å². The lowest BCUT2D eigenvalue weighted by Crippen LogP contribution is -2.32. The van der Waals surface area contributed by atoms with E-state index in [9.17, 15) is 8.42 Å². The van der Waals surface area contributed by atoms with Crippen molar-refractivity contribution in [2.75, 3.05) is 7.11 Å². The molecule has 1 heterocycles. The molecule has 6 heteroatoms. The molecule has 1 rings (SSSR count). The van der Waals surface area contributed by atoms with Crippen LogP contribution >= 0.6 is 0 Å². The summed E-state index contributed by atoms with van der Waals surface area (Å²) in [7, 11) is -2.00. The van der Waals surface area contributed by atoms with Gasteiger partial charge in [0.2, 0.25) is 15.9 Å². The van der Waals surface area contributed by atoms with Gasteiger partial charge in [-0.3, -0.25) is 0 Å². The lowest BCUT2D eigenvalue weighted by molar-refractivity contribution is 0.397. The first kappa shape index (κ1) is 15.9. The van der Waals surface area contributed by atoms with Crippen LogP contribution in [-0.2, 0) is 10.0 Å². The smallest absolute Gasteiger partial charge is 0.242 e. The number of nitrogens with one attached hydrogen (secondary N) is 1. The van der Waals surface area contributed by atoms with Gasteiger partial charge < -0.3 is 4.74 Å². The first-order valence-electron chi connectivity index (χ1n) is 6.52. The lowest BCUT2D eigenvalue weighted by Gasteiger charge is -2.13. The third kappa shape index (κ3) is 5.16. The lowest BCUT2D eigenvalue weighted by atomic mass is 10.1. The summed E-state index contributed by atoms with van der Waals surface area (Å²) in [4.78, 5) is 4.07. The fraction of sp³-hybridized carbons (Fsp3) is 0.615. The zero-order valence-corrected chi connectivity index (χ0v) is 12.5. The largest absolute Gasteiger partial charge is 0.481 e. The van der Waals surface area contributed by atoms with Crippen molar-refractivity contribution < 1.29 is 13.2 Å². The quantitative estimate of drug-likeness (QED) is 0.745. The molecule has 0 bridgehead atoms. The van der Waals surface area contributed by atoms with Crippen LogP contribution in [0.15, 0.2) is 23.2 Å². The van der Waals surface area contributed by atoms with Crippen LogP contribution in [0.1, 0.15) is 39.5 Å². The number of hydrogen-bond acceptors (Lipinski definition) is 4. The standard InChI is InChI=1S/C13H22N2O3S/c1-4-5-6-7-11(2)15-19(16,17)12-8-9-13(18-3)14-10-12/h8-11,15H,4-7H2,1-3H3. The molecule has 1 atom stereocenters. The van der Waals surface area contributed by atoms with Crippen molar-refractivity contribution in [3.05, 3.63) is 18.3 Å². The highest BCUT2D eigenvalue weighted by atomic mass is 32.2.